The van der Waals surface area contributed by atoms with Crippen molar-refractivity contribution in [1.82, 2.24) is 0 Å². The number of rotatable bonds is 4. The average molecular weight is 535 g/mol. The van der Waals surface area contributed by atoms with E-state index in [-0.39, 0.29) is 24.7 Å². The molecule has 2 N–H and O–H groups in total. The van der Waals surface area contributed by atoms with Crippen molar-refractivity contribution >= 4 is 11.9 Å². The molecular weight excluding hydrogens is 492 g/mol. The lowest BCUT2D eigenvalue weighted by Gasteiger charge is -2.50. The highest BCUT2D eigenvalue weighted by Gasteiger charge is 2.54. The summed E-state index contributed by atoms with van der Waals surface area (Å²) in [5.41, 5.74) is 3.83. The zero-order valence-electron chi connectivity index (χ0n) is 23.4. The zero-order valence-corrected chi connectivity index (χ0v) is 23.4. The van der Waals surface area contributed by atoms with Gasteiger partial charge in [-0.1, -0.05) is 37.3 Å². The van der Waals surface area contributed by atoms with Crippen LogP contribution in [0.5, 0.6) is 5.75 Å². The minimum atomic E-state index is -1.20. The van der Waals surface area contributed by atoms with Crippen molar-refractivity contribution in [2.24, 2.45) is 22.7 Å². The van der Waals surface area contributed by atoms with Crippen LogP contribution in [0, 0.1) is 22.7 Å². The summed E-state index contributed by atoms with van der Waals surface area (Å²) in [4.78, 5) is 24.5. The number of aliphatic hydroxyl groups excluding tert-OH is 1. The van der Waals surface area contributed by atoms with Gasteiger partial charge in [-0.15, -0.1) is 0 Å². The first-order valence-electron chi connectivity index (χ1n) is 14.6. The lowest BCUT2D eigenvalue weighted by Crippen LogP contribution is -2.43. The van der Waals surface area contributed by atoms with Crippen LogP contribution < -0.4 is 0 Å². The quantitative estimate of drug-likeness (QED) is 0.397. The number of aliphatic hydroxyl groups is 1. The predicted octanol–water partition coefficient (Wildman–Crippen LogP) is 5.51. The second-order valence-corrected chi connectivity index (χ2v) is 12.1. The summed E-state index contributed by atoms with van der Waals surface area (Å²) in [6, 6.07) is 13.7. The van der Waals surface area contributed by atoms with E-state index in [2.05, 4.69) is 13.0 Å². The lowest BCUT2D eigenvalue weighted by atomic mass is 9.55. The van der Waals surface area contributed by atoms with E-state index in [1.165, 1.54) is 30.4 Å². The van der Waals surface area contributed by atoms with Crippen molar-refractivity contribution in [1.29, 1.82) is 0 Å². The molecule has 0 bridgehead atoms. The highest BCUT2D eigenvalue weighted by atomic mass is 16.6. The molecule has 5 unspecified atom stereocenters. The average Bonchev–Trinajstić information content (AvgIpc) is 3.47. The Morgan fingerprint density at radius 2 is 1.54 bits per heavy atom. The van der Waals surface area contributed by atoms with Crippen LogP contribution in [-0.2, 0) is 38.3 Å². The maximum Gasteiger partial charge on any atom is 0.324 e. The van der Waals surface area contributed by atoms with Crippen LogP contribution in [0.3, 0.4) is 0 Å². The first-order valence-corrected chi connectivity index (χ1v) is 14.6. The lowest BCUT2D eigenvalue weighted by molar-refractivity contribution is -0.171. The molecule has 0 spiro atoms. The highest BCUT2D eigenvalue weighted by molar-refractivity contribution is 6.01. The van der Waals surface area contributed by atoms with E-state index in [9.17, 15) is 19.8 Å². The summed E-state index contributed by atoms with van der Waals surface area (Å²) in [6.45, 7) is 6.31. The van der Waals surface area contributed by atoms with Crippen molar-refractivity contribution in [2.75, 3.05) is 13.2 Å². The van der Waals surface area contributed by atoms with Crippen LogP contribution in [0.1, 0.15) is 81.0 Å². The van der Waals surface area contributed by atoms with E-state index < -0.39 is 17.4 Å². The van der Waals surface area contributed by atoms with E-state index in [0.717, 1.165) is 36.3 Å². The third-order valence-electron chi connectivity index (χ3n) is 10.1. The number of aryl methyl sites for hydroxylation is 1. The molecule has 0 aliphatic heterocycles. The van der Waals surface area contributed by atoms with Crippen molar-refractivity contribution < 1.29 is 29.3 Å². The van der Waals surface area contributed by atoms with Crippen molar-refractivity contribution in [3.05, 3.63) is 64.7 Å². The third-order valence-corrected chi connectivity index (χ3v) is 10.1. The topological polar surface area (TPSA) is 93.1 Å². The van der Waals surface area contributed by atoms with Crippen LogP contribution >= 0.6 is 0 Å². The molecular formula is C33H42O6. The van der Waals surface area contributed by atoms with Gasteiger partial charge < -0.3 is 19.7 Å². The van der Waals surface area contributed by atoms with Crippen LogP contribution in [0.4, 0.5) is 0 Å². The highest BCUT2D eigenvalue weighted by Crippen LogP contribution is 2.60. The smallest absolute Gasteiger partial charge is 0.324 e. The first kappa shape index (κ1) is 27.7. The molecule has 2 fully saturated rings. The van der Waals surface area contributed by atoms with Gasteiger partial charge in [0.25, 0.3) is 0 Å². The Balaban J connectivity index is 0.000000158. The normalized spacial score (nSPS) is 29.5. The fraction of sp³-hybridized carbons (Fsp3) is 0.576. The molecule has 39 heavy (non-hydrogen) atoms. The Labute approximate surface area is 231 Å². The molecule has 0 aromatic heterocycles. The molecule has 6 rings (SSSR count). The molecule has 0 radical (unpaired) electrons. The van der Waals surface area contributed by atoms with Gasteiger partial charge in [-0.3, -0.25) is 9.59 Å². The maximum atomic E-state index is 12.2. The number of phenols is 1. The molecule has 6 nitrogen and oxygen atoms in total. The number of ether oxygens (including phenoxy) is 2. The fourth-order valence-corrected chi connectivity index (χ4v) is 8.07. The van der Waals surface area contributed by atoms with Crippen molar-refractivity contribution in [3.8, 4) is 5.75 Å². The number of esters is 2. The van der Waals surface area contributed by atoms with Crippen molar-refractivity contribution in [3.63, 3.8) is 0 Å². The molecule has 2 aromatic carbocycles. The molecule has 2 saturated carbocycles. The minimum Gasteiger partial charge on any atom is -0.508 e. The first-order chi connectivity index (χ1) is 18.7. The summed E-state index contributed by atoms with van der Waals surface area (Å²) < 4.78 is 10.2. The van der Waals surface area contributed by atoms with Crippen molar-refractivity contribution in [2.45, 2.75) is 84.2 Å². The molecule has 4 aliphatic rings. The van der Waals surface area contributed by atoms with Crippen LogP contribution in [0.2, 0.25) is 0 Å². The van der Waals surface area contributed by atoms with E-state index in [0.29, 0.717) is 30.4 Å². The molecule has 6 heteroatoms. The molecule has 210 valence electrons. The fourth-order valence-electron chi connectivity index (χ4n) is 8.07. The van der Waals surface area contributed by atoms with E-state index in [1.54, 1.807) is 13.8 Å². The molecule has 0 saturated heterocycles. The van der Waals surface area contributed by atoms with Gasteiger partial charge in [-0.05, 0) is 123 Å². The second kappa shape index (κ2) is 11.0. The van der Waals surface area contributed by atoms with Crippen LogP contribution in [-0.4, -0.2) is 41.5 Å². The zero-order chi connectivity index (χ0) is 27.8. The third kappa shape index (κ3) is 4.86. The molecule has 0 amide bonds. The van der Waals surface area contributed by atoms with Gasteiger partial charge in [0.15, 0.2) is 5.41 Å². The van der Waals surface area contributed by atoms with Gasteiger partial charge in [0, 0.05) is 0 Å². The number of hydrogen-bond acceptors (Lipinski definition) is 6. The SMILES string of the molecule is CC12CCC3c4ccc(O)cc4CCC3C1CCC2O.CCOC(=O)C1(C(=O)OCC)Cc2ccccc2C1. The summed E-state index contributed by atoms with van der Waals surface area (Å²) in [6.07, 6.45) is 7.50. The Morgan fingerprint density at radius 1 is 0.897 bits per heavy atom. The minimum absolute atomic E-state index is 0.0883. The van der Waals surface area contributed by atoms with Crippen LogP contribution in [0.15, 0.2) is 42.5 Å². The van der Waals surface area contributed by atoms with Gasteiger partial charge in [0.1, 0.15) is 5.75 Å². The Hall–Kier alpha value is -2.86. The standard InChI is InChI=1S/C18H24O2.C15H18O4/c1-18-9-8-14-13-5-3-12(19)10-11(13)2-4-15(14)16(18)6-7-17(18)20;1-3-18-13(16)15(14(17)19-4-2)9-11-7-5-6-8-12(11)10-15/h3,5,10,14-17,19-20H,2,4,6-9H2,1H3;5-8H,3-4,9-10H2,1-2H3. The van der Waals surface area contributed by atoms with Gasteiger partial charge in [-0.25, -0.2) is 0 Å². The van der Waals surface area contributed by atoms with E-state index >= 15 is 0 Å². The van der Waals surface area contributed by atoms with Gasteiger partial charge in [-0.2, -0.15) is 0 Å². The summed E-state index contributed by atoms with van der Waals surface area (Å²) in [5, 5.41) is 20.0. The number of carbonyl (C=O) groups excluding carboxylic acids is 2. The monoisotopic (exact) mass is 534 g/mol. The predicted molar refractivity (Wildman–Crippen MR) is 148 cm³/mol. The number of hydrogen-bond donors (Lipinski definition) is 2. The summed E-state index contributed by atoms with van der Waals surface area (Å²) in [5.74, 6) is 1.53. The second-order valence-electron chi connectivity index (χ2n) is 12.1. The number of carbonyl (C=O) groups is 2. The molecule has 4 aliphatic carbocycles. The Kier molecular flexibility index (Phi) is 7.78. The summed E-state index contributed by atoms with van der Waals surface area (Å²) in [7, 11) is 0. The van der Waals surface area contributed by atoms with Gasteiger partial charge >= 0.3 is 11.9 Å². The summed E-state index contributed by atoms with van der Waals surface area (Å²) >= 11 is 0. The number of fused-ring (bicyclic) bond motifs is 6. The maximum absolute atomic E-state index is 12.2. The number of phenolic OH excluding ortho intramolecular Hbond substituents is 1. The van der Waals surface area contributed by atoms with Gasteiger partial charge in [0.05, 0.1) is 19.3 Å². The Bertz CT molecular complexity index is 1180. The van der Waals surface area contributed by atoms with Crippen LogP contribution in [0.25, 0.3) is 0 Å². The van der Waals surface area contributed by atoms with Gasteiger partial charge in [0.2, 0.25) is 0 Å². The molecule has 0 heterocycles. The van der Waals surface area contributed by atoms with E-state index in [1.807, 2.05) is 36.4 Å². The largest absolute Gasteiger partial charge is 0.508 e. The van der Waals surface area contributed by atoms with E-state index in [4.69, 9.17) is 9.47 Å². The molecule has 5 atom stereocenters. The number of benzene rings is 2. The Morgan fingerprint density at radius 3 is 2.15 bits per heavy atom. The molecule has 2 aromatic rings. The number of aromatic hydroxyl groups is 1.